The van der Waals surface area contributed by atoms with Crippen LogP contribution in [0.2, 0.25) is 5.02 Å². The summed E-state index contributed by atoms with van der Waals surface area (Å²) in [4.78, 5) is 32.1. The molecule has 184 valence electrons. The molecule has 1 aliphatic carbocycles. The van der Waals surface area contributed by atoms with E-state index in [1.807, 2.05) is 62.2 Å². The molecule has 2 aliphatic rings. The summed E-state index contributed by atoms with van der Waals surface area (Å²) in [7, 11) is 0. The molecule has 6 nitrogen and oxygen atoms in total. The predicted octanol–water partition coefficient (Wildman–Crippen LogP) is 5.54. The second-order valence-corrected chi connectivity index (χ2v) is 11.3. The van der Waals surface area contributed by atoms with Crippen LogP contribution in [0.1, 0.15) is 56.9 Å². The number of nitrogens with zero attached hydrogens (tertiary/aromatic N) is 3. The first-order chi connectivity index (χ1) is 16.6. The fourth-order valence-electron chi connectivity index (χ4n) is 6.09. The lowest BCUT2D eigenvalue weighted by Gasteiger charge is -2.39. The third kappa shape index (κ3) is 3.92. The van der Waals surface area contributed by atoms with Gasteiger partial charge in [0.1, 0.15) is 5.65 Å². The molecule has 0 radical (unpaired) electrons. The molecule has 35 heavy (non-hydrogen) atoms. The second-order valence-electron chi connectivity index (χ2n) is 10.9. The number of aliphatic carboxylic acids is 1. The number of pyridine rings is 1. The van der Waals surface area contributed by atoms with Crippen molar-refractivity contribution >= 4 is 34.5 Å². The van der Waals surface area contributed by atoms with Gasteiger partial charge in [-0.25, -0.2) is 4.98 Å². The van der Waals surface area contributed by atoms with Crippen molar-refractivity contribution in [3.05, 3.63) is 64.4 Å². The van der Waals surface area contributed by atoms with Gasteiger partial charge in [-0.15, -0.1) is 0 Å². The maximum Gasteiger partial charge on any atom is 0.309 e. The monoisotopic (exact) mass is 493 g/mol. The summed E-state index contributed by atoms with van der Waals surface area (Å²) in [5.41, 5.74) is 3.23. The number of carboxylic acid groups (broad SMARTS) is 1. The van der Waals surface area contributed by atoms with Gasteiger partial charge < -0.3 is 14.6 Å². The van der Waals surface area contributed by atoms with Crippen molar-refractivity contribution in [3.8, 4) is 0 Å². The third-order valence-electron chi connectivity index (χ3n) is 8.95. The van der Waals surface area contributed by atoms with Gasteiger partial charge in [-0.3, -0.25) is 9.59 Å². The van der Waals surface area contributed by atoms with Crippen LogP contribution in [0.25, 0.3) is 11.0 Å². The minimum absolute atomic E-state index is 0.0547. The Labute approximate surface area is 210 Å². The number of aromatic nitrogens is 2. The van der Waals surface area contributed by atoms with Crippen LogP contribution < -0.4 is 0 Å². The molecule has 1 aliphatic heterocycles. The van der Waals surface area contributed by atoms with Crippen LogP contribution in [0.15, 0.2) is 42.6 Å². The Bertz CT molecular complexity index is 1300. The van der Waals surface area contributed by atoms with E-state index in [0.29, 0.717) is 37.5 Å². The van der Waals surface area contributed by atoms with Gasteiger partial charge in [0.05, 0.1) is 12.0 Å². The third-order valence-corrected chi connectivity index (χ3v) is 9.20. The van der Waals surface area contributed by atoms with Gasteiger partial charge in [-0.1, -0.05) is 37.6 Å². The van der Waals surface area contributed by atoms with E-state index in [4.69, 9.17) is 11.6 Å². The average molecular weight is 494 g/mol. The lowest BCUT2D eigenvalue weighted by atomic mass is 9.65. The van der Waals surface area contributed by atoms with Gasteiger partial charge in [0.2, 0.25) is 5.91 Å². The Morgan fingerprint density at radius 3 is 2.60 bits per heavy atom. The summed E-state index contributed by atoms with van der Waals surface area (Å²) >= 11 is 6.09. The Hall–Kier alpha value is -2.86. The zero-order valence-electron chi connectivity index (χ0n) is 20.6. The minimum atomic E-state index is -0.802. The lowest BCUT2D eigenvalue weighted by molar-refractivity contribution is -0.155. The zero-order valence-corrected chi connectivity index (χ0v) is 21.3. The number of benzene rings is 1. The largest absolute Gasteiger partial charge is 0.481 e. The Balaban J connectivity index is 1.41. The molecular weight excluding hydrogens is 462 g/mol. The molecule has 1 amide bonds. The topological polar surface area (TPSA) is 75.4 Å². The van der Waals surface area contributed by atoms with Crippen molar-refractivity contribution in [1.29, 1.82) is 0 Å². The lowest BCUT2D eigenvalue weighted by Crippen LogP contribution is -2.43. The number of rotatable bonds is 5. The molecule has 3 aromatic rings. The van der Waals surface area contributed by atoms with E-state index in [0.717, 1.165) is 35.1 Å². The van der Waals surface area contributed by atoms with Crippen LogP contribution in [-0.4, -0.2) is 38.0 Å². The fraction of sp³-hybridized carbons (Fsp3) is 0.464. The molecular formula is C28H32ClN3O3. The number of halogens is 1. The molecule has 1 N–H and O–H groups in total. The smallest absolute Gasteiger partial charge is 0.309 e. The number of fused-ring (bicyclic) bond motifs is 3. The standard InChI is InChI=1S/C28H32ClN3O3/c1-27(2)19(10-12-28(27,3)26(34)35)15-24(33)31-14-11-21-22-5-4-13-30-25(22)32(23(21)17-31)16-18-6-8-20(29)9-7-18/h4-9,13,19H,10-12,14-17H2,1-3H3,(H,34,35)/t19-,28+/m1/s1. The Kier molecular flexibility index (Phi) is 5.91. The molecule has 0 spiro atoms. The first-order valence-electron chi connectivity index (χ1n) is 12.3. The average Bonchev–Trinajstić information content (AvgIpc) is 3.27. The van der Waals surface area contributed by atoms with E-state index in [1.54, 1.807) is 0 Å². The summed E-state index contributed by atoms with van der Waals surface area (Å²) < 4.78 is 2.23. The van der Waals surface area contributed by atoms with E-state index < -0.39 is 16.8 Å². The Morgan fingerprint density at radius 1 is 1.17 bits per heavy atom. The van der Waals surface area contributed by atoms with Crippen molar-refractivity contribution < 1.29 is 14.7 Å². The molecule has 1 fully saturated rings. The van der Waals surface area contributed by atoms with Crippen molar-refractivity contribution in [2.24, 2.45) is 16.7 Å². The van der Waals surface area contributed by atoms with Crippen molar-refractivity contribution in [2.45, 2.75) is 59.5 Å². The summed E-state index contributed by atoms with van der Waals surface area (Å²) in [6, 6.07) is 11.9. The quantitative estimate of drug-likeness (QED) is 0.506. The number of carbonyl (C=O) groups excluding carboxylic acids is 1. The molecule has 5 rings (SSSR count). The van der Waals surface area contributed by atoms with E-state index >= 15 is 0 Å². The van der Waals surface area contributed by atoms with Crippen LogP contribution in [-0.2, 0) is 29.1 Å². The van der Waals surface area contributed by atoms with Gasteiger partial charge in [0.25, 0.3) is 0 Å². The molecule has 0 unspecified atom stereocenters. The van der Waals surface area contributed by atoms with Gasteiger partial charge in [-0.05, 0) is 72.9 Å². The van der Waals surface area contributed by atoms with Crippen molar-refractivity contribution in [1.82, 2.24) is 14.5 Å². The van der Waals surface area contributed by atoms with Gasteiger partial charge in [-0.2, -0.15) is 0 Å². The summed E-state index contributed by atoms with van der Waals surface area (Å²) in [6.07, 6.45) is 4.37. The normalized spacial score (nSPS) is 23.4. The molecule has 0 saturated heterocycles. The number of carbonyl (C=O) groups is 2. The number of amides is 1. The molecule has 7 heteroatoms. The van der Waals surface area contributed by atoms with Crippen LogP contribution >= 0.6 is 11.6 Å². The maximum absolute atomic E-state index is 13.5. The van der Waals surface area contributed by atoms with E-state index in [1.165, 1.54) is 5.56 Å². The highest BCUT2D eigenvalue weighted by atomic mass is 35.5. The van der Waals surface area contributed by atoms with Crippen LogP contribution in [0, 0.1) is 16.7 Å². The number of hydrogen-bond acceptors (Lipinski definition) is 3. The maximum atomic E-state index is 13.5. The van der Waals surface area contributed by atoms with E-state index in [-0.39, 0.29) is 11.8 Å². The molecule has 2 aromatic heterocycles. The summed E-state index contributed by atoms with van der Waals surface area (Å²) in [5, 5.41) is 11.7. The molecule has 2 atom stereocenters. The van der Waals surface area contributed by atoms with Crippen molar-refractivity contribution in [2.75, 3.05) is 6.54 Å². The van der Waals surface area contributed by atoms with Crippen LogP contribution in [0.4, 0.5) is 0 Å². The molecule has 0 bridgehead atoms. The van der Waals surface area contributed by atoms with Crippen molar-refractivity contribution in [3.63, 3.8) is 0 Å². The molecule has 1 aromatic carbocycles. The predicted molar refractivity (Wildman–Crippen MR) is 136 cm³/mol. The SMILES string of the molecule is CC1(C)[C@@H](CC(=O)N2CCc3c(n(Cc4ccc(Cl)cc4)c4ncccc34)C2)CC[C@@]1(C)C(=O)O. The number of hydrogen-bond donors (Lipinski definition) is 1. The second kappa shape index (κ2) is 8.66. The highest BCUT2D eigenvalue weighted by Crippen LogP contribution is 2.57. The Morgan fingerprint density at radius 2 is 1.91 bits per heavy atom. The molecule has 1 saturated carbocycles. The summed E-state index contributed by atoms with van der Waals surface area (Å²) in [6.45, 7) is 7.72. The first kappa shape index (κ1) is 23.9. The van der Waals surface area contributed by atoms with Gasteiger partial charge >= 0.3 is 5.97 Å². The minimum Gasteiger partial charge on any atom is -0.481 e. The highest BCUT2D eigenvalue weighted by Gasteiger charge is 2.56. The first-order valence-corrected chi connectivity index (χ1v) is 12.7. The fourth-order valence-corrected chi connectivity index (χ4v) is 6.22. The van der Waals surface area contributed by atoms with E-state index in [2.05, 4.69) is 15.6 Å². The zero-order chi connectivity index (χ0) is 25.0. The van der Waals surface area contributed by atoms with Gasteiger partial charge in [0, 0.05) is 41.8 Å². The van der Waals surface area contributed by atoms with Gasteiger partial charge in [0.15, 0.2) is 0 Å². The highest BCUT2D eigenvalue weighted by molar-refractivity contribution is 6.30. The van der Waals surface area contributed by atoms with Crippen LogP contribution in [0.3, 0.4) is 0 Å². The van der Waals surface area contributed by atoms with E-state index in [9.17, 15) is 14.7 Å². The van der Waals surface area contributed by atoms with Crippen LogP contribution in [0.5, 0.6) is 0 Å². The molecule has 3 heterocycles. The number of carboxylic acids is 1. The summed E-state index contributed by atoms with van der Waals surface area (Å²) in [5.74, 6) is -0.599.